The first-order valence-corrected chi connectivity index (χ1v) is 3.70. The van der Waals surface area contributed by atoms with E-state index in [0.717, 1.165) is 0 Å². The van der Waals surface area contributed by atoms with Crippen molar-refractivity contribution in [1.82, 2.24) is 0 Å². The number of alkyl halides is 1. The molecule has 0 heterocycles. The second-order valence-corrected chi connectivity index (χ2v) is 2.64. The minimum atomic E-state index is -1.12. The molecule has 0 unspecified atom stereocenters. The zero-order chi connectivity index (χ0) is 9.84. The van der Waals surface area contributed by atoms with Crippen molar-refractivity contribution in [3.63, 3.8) is 0 Å². The molecular weight excluding hydrogens is 175 g/mol. The van der Waals surface area contributed by atoms with Crippen LogP contribution in [-0.4, -0.2) is 16.2 Å². The Morgan fingerprint density at radius 3 is 2.38 bits per heavy atom. The molecule has 1 aromatic rings. The maximum absolute atomic E-state index is 12.2. The average molecular weight is 184 g/mol. The van der Waals surface area contributed by atoms with E-state index in [2.05, 4.69) is 0 Å². The molecule has 0 spiro atoms. The van der Waals surface area contributed by atoms with Crippen LogP contribution in [0.5, 0.6) is 0 Å². The van der Waals surface area contributed by atoms with E-state index in [0.29, 0.717) is 5.56 Å². The molecule has 0 aliphatic rings. The molecule has 0 bridgehead atoms. The van der Waals surface area contributed by atoms with Gasteiger partial charge in [-0.3, -0.25) is 0 Å². The van der Waals surface area contributed by atoms with Gasteiger partial charge in [-0.15, -0.1) is 0 Å². The molecule has 0 radical (unpaired) electrons. The Morgan fingerprint density at radius 2 is 1.92 bits per heavy atom. The third kappa shape index (κ3) is 2.26. The highest BCUT2D eigenvalue weighted by atomic mass is 19.1. The van der Waals surface area contributed by atoms with Gasteiger partial charge in [0.2, 0.25) is 0 Å². The van der Waals surface area contributed by atoms with Crippen molar-refractivity contribution in [3.05, 3.63) is 34.9 Å². The van der Waals surface area contributed by atoms with Gasteiger partial charge in [-0.25, -0.2) is 9.18 Å². The van der Waals surface area contributed by atoms with Gasteiger partial charge >= 0.3 is 5.97 Å². The standard InChI is InChI=1S/C9H9FO3/c10-4-6-1-7(5-11)3-8(2-6)9(12)13/h1-3,11H,4-5H2,(H,12,13). The first kappa shape index (κ1) is 9.67. The van der Waals surface area contributed by atoms with E-state index in [1.54, 1.807) is 0 Å². The second kappa shape index (κ2) is 4.00. The van der Waals surface area contributed by atoms with Crippen LogP contribution >= 0.6 is 0 Å². The van der Waals surface area contributed by atoms with E-state index in [4.69, 9.17) is 10.2 Å². The number of aliphatic hydroxyl groups excluding tert-OH is 1. The van der Waals surface area contributed by atoms with Crippen LogP contribution in [0.15, 0.2) is 18.2 Å². The first-order valence-electron chi connectivity index (χ1n) is 3.70. The van der Waals surface area contributed by atoms with Gasteiger partial charge in [-0.2, -0.15) is 0 Å². The number of benzene rings is 1. The van der Waals surface area contributed by atoms with Crippen molar-refractivity contribution in [2.75, 3.05) is 0 Å². The van der Waals surface area contributed by atoms with Crippen LogP contribution < -0.4 is 0 Å². The quantitative estimate of drug-likeness (QED) is 0.745. The van der Waals surface area contributed by atoms with Crippen LogP contribution in [0.2, 0.25) is 0 Å². The van der Waals surface area contributed by atoms with Gasteiger partial charge in [0, 0.05) is 0 Å². The summed E-state index contributed by atoms with van der Waals surface area (Å²) in [6.45, 7) is -1.01. The normalized spacial score (nSPS) is 10.0. The molecule has 0 aromatic heterocycles. The largest absolute Gasteiger partial charge is 0.478 e. The highest BCUT2D eigenvalue weighted by molar-refractivity contribution is 5.88. The SMILES string of the molecule is O=C(O)c1cc(CO)cc(CF)c1. The van der Waals surface area contributed by atoms with E-state index >= 15 is 0 Å². The number of hydrogen-bond donors (Lipinski definition) is 2. The first-order chi connectivity index (χ1) is 6.17. The molecule has 4 heteroatoms. The zero-order valence-electron chi connectivity index (χ0n) is 6.83. The van der Waals surface area contributed by atoms with Crippen LogP contribution in [-0.2, 0) is 13.3 Å². The molecule has 0 atom stereocenters. The molecule has 0 fully saturated rings. The Kier molecular flexibility index (Phi) is 2.97. The molecular formula is C9H9FO3. The van der Waals surface area contributed by atoms with E-state index in [1.165, 1.54) is 18.2 Å². The molecule has 0 amide bonds. The molecule has 0 saturated carbocycles. The second-order valence-electron chi connectivity index (χ2n) is 2.64. The average Bonchev–Trinajstić information content (AvgIpc) is 2.16. The minimum absolute atomic E-state index is 0.000741. The Morgan fingerprint density at radius 1 is 1.31 bits per heavy atom. The maximum atomic E-state index is 12.2. The number of carbonyl (C=O) groups is 1. The summed E-state index contributed by atoms with van der Waals surface area (Å²) in [5, 5.41) is 17.4. The lowest BCUT2D eigenvalue weighted by Crippen LogP contribution is -1.99. The van der Waals surface area contributed by atoms with Crippen LogP contribution in [0, 0.1) is 0 Å². The number of carboxylic acids is 1. The summed E-state index contributed by atoms with van der Waals surface area (Å²) in [5.41, 5.74) is 0.677. The molecule has 0 aliphatic carbocycles. The molecule has 1 aromatic carbocycles. The monoisotopic (exact) mass is 184 g/mol. The molecule has 70 valence electrons. The lowest BCUT2D eigenvalue weighted by molar-refractivity contribution is 0.0696. The van der Waals surface area contributed by atoms with Crippen LogP contribution in [0.1, 0.15) is 21.5 Å². The topological polar surface area (TPSA) is 57.5 Å². The van der Waals surface area contributed by atoms with Crippen molar-refractivity contribution < 1.29 is 19.4 Å². The fraction of sp³-hybridized carbons (Fsp3) is 0.222. The Hall–Kier alpha value is -1.42. The number of aliphatic hydroxyl groups is 1. The number of aromatic carboxylic acids is 1. The molecule has 13 heavy (non-hydrogen) atoms. The summed E-state index contributed by atoms with van der Waals surface area (Å²) in [6.07, 6.45) is 0. The molecule has 0 aliphatic heterocycles. The van der Waals surface area contributed by atoms with Gasteiger partial charge in [0.25, 0.3) is 0 Å². The van der Waals surface area contributed by atoms with Gasteiger partial charge in [0.05, 0.1) is 12.2 Å². The van der Waals surface area contributed by atoms with Crippen LogP contribution in [0.25, 0.3) is 0 Å². The van der Waals surface area contributed by atoms with Gasteiger partial charge < -0.3 is 10.2 Å². The molecule has 3 nitrogen and oxygen atoms in total. The van der Waals surface area contributed by atoms with Crippen LogP contribution in [0.4, 0.5) is 4.39 Å². The van der Waals surface area contributed by atoms with Gasteiger partial charge in [0.15, 0.2) is 0 Å². The number of halogens is 1. The van der Waals surface area contributed by atoms with E-state index in [1.807, 2.05) is 0 Å². The number of hydrogen-bond acceptors (Lipinski definition) is 2. The summed E-state index contributed by atoms with van der Waals surface area (Å²) in [7, 11) is 0. The van der Waals surface area contributed by atoms with E-state index in [9.17, 15) is 9.18 Å². The van der Waals surface area contributed by atoms with Crippen LogP contribution in [0.3, 0.4) is 0 Å². The van der Waals surface area contributed by atoms with Crippen molar-refractivity contribution in [2.24, 2.45) is 0 Å². The number of rotatable bonds is 3. The van der Waals surface area contributed by atoms with E-state index < -0.39 is 12.6 Å². The summed E-state index contributed by atoms with van der Waals surface area (Å²) in [4.78, 5) is 10.5. The van der Waals surface area contributed by atoms with Crippen molar-refractivity contribution in [2.45, 2.75) is 13.3 Å². The highest BCUT2D eigenvalue weighted by Crippen LogP contribution is 2.11. The summed E-state index contributed by atoms with van der Waals surface area (Å²) < 4.78 is 12.2. The lowest BCUT2D eigenvalue weighted by atomic mass is 10.1. The molecule has 2 N–H and O–H groups in total. The predicted octanol–water partition coefficient (Wildman–Crippen LogP) is 1.35. The Bertz CT molecular complexity index is 300. The smallest absolute Gasteiger partial charge is 0.335 e. The lowest BCUT2D eigenvalue weighted by Gasteiger charge is -2.02. The molecule has 1 rings (SSSR count). The van der Waals surface area contributed by atoms with Gasteiger partial charge in [0.1, 0.15) is 6.67 Å². The third-order valence-corrected chi connectivity index (χ3v) is 1.64. The van der Waals surface area contributed by atoms with Gasteiger partial charge in [-0.1, -0.05) is 6.07 Å². The summed E-state index contributed by atoms with van der Waals surface area (Å²) in [6, 6.07) is 4.01. The minimum Gasteiger partial charge on any atom is -0.478 e. The Labute approximate surface area is 74.4 Å². The van der Waals surface area contributed by atoms with Crippen molar-refractivity contribution in [1.29, 1.82) is 0 Å². The van der Waals surface area contributed by atoms with Gasteiger partial charge in [-0.05, 0) is 23.3 Å². The van der Waals surface area contributed by atoms with E-state index in [-0.39, 0.29) is 17.7 Å². The van der Waals surface area contributed by atoms with Crippen molar-refractivity contribution >= 4 is 5.97 Å². The summed E-state index contributed by atoms with van der Waals surface area (Å²) in [5.74, 6) is -1.12. The zero-order valence-corrected chi connectivity index (χ0v) is 6.83. The Balaban J connectivity index is 3.14. The fourth-order valence-corrected chi connectivity index (χ4v) is 1.05. The third-order valence-electron chi connectivity index (χ3n) is 1.64. The number of carboxylic acid groups (broad SMARTS) is 1. The van der Waals surface area contributed by atoms with Crippen molar-refractivity contribution in [3.8, 4) is 0 Å². The maximum Gasteiger partial charge on any atom is 0.335 e. The highest BCUT2D eigenvalue weighted by Gasteiger charge is 2.06. The predicted molar refractivity (Wildman–Crippen MR) is 44.1 cm³/mol. The fourth-order valence-electron chi connectivity index (χ4n) is 1.05. The summed E-state index contributed by atoms with van der Waals surface area (Å²) >= 11 is 0. The molecule has 0 saturated heterocycles.